The maximum absolute atomic E-state index is 12.5. The van der Waals surface area contributed by atoms with E-state index in [0.29, 0.717) is 24.4 Å². The number of nitrogens with one attached hydrogen (secondary N) is 3. The zero-order valence-electron chi connectivity index (χ0n) is 15.6. The van der Waals surface area contributed by atoms with E-state index in [1.807, 2.05) is 12.1 Å². The minimum atomic E-state index is 0.0747. The Bertz CT molecular complexity index is 571. The third-order valence-electron chi connectivity index (χ3n) is 6.13. The molecule has 5 heteroatoms. The summed E-state index contributed by atoms with van der Waals surface area (Å²) in [6.45, 7) is 4.99. The van der Waals surface area contributed by atoms with E-state index in [4.69, 9.17) is 4.74 Å². The number of methoxy groups -OCH3 is 1. The van der Waals surface area contributed by atoms with Crippen LogP contribution in [0.3, 0.4) is 0 Å². The molecule has 1 aromatic rings. The van der Waals surface area contributed by atoms with Crippen LogP contribution in [0, 0.1) is 5.92 Å². The summed E-state index contributed by atoms with van der Waals surface area (Å²) in [6, 6.07) is 9.01. The summed E-state index contributed by atoms with van der Waals surface area (Å²) in [5.41, 5.74) is 7.84. The molecule has 138 valence electrons. The monoisotopic (exact) mass is 345 g/mol. The van der Waals surface area contributed by atoms with E-state index in [1.165, 1.54) is 18.4 Å². The Labute approximate surface area is 150 Å². The van der Waals surface area contributed by atoms with Crippen molar-refractivity contribution in [2.45, 2.75) is 63.5 Å². The molecule has 0 aromatic heterocycles. The quantitative estimate of drug-likeness (QED) is 0.741. The summed E-state index contributed by atoms with van der Waals surface area (Å²) in [7, 11) is 1.69. The molecular weight excluding hydrogens is 314 g/mol. The van der Waals surface area contributed by atoms with Crippen molar-refractivity contribution in [3.63, 3.8) is 0 Å². The lowest BCUT2D eigenvalue weighted by molar-refractivity contribution is -0.122. The predicted octanol–water partition coefficient (Wildman–Crippen LogP) is 2.51. The average Bonchev–Trinajstić information content (AvgIpc) is 3.23. The van der Waals surface area contributed by atoms with E-state index in [1.54, 1.807) is 7.11 Å². The molecule has 1 amide bonds. The van der Waals surface area contributed by atoms with Crippen molar-refractivity contribution in [3.05, 3.63) is 29.8 Å². The molecule has 1 aromatic carbocycles. The molecule has 2 unspecified atom stereocenters. The average molecular weight is 345 g/mol. The maximum Gasteiger partial charge on any atom is 0.220 e. The fourth-order valence-corrected chi connectivity index (χ4v) is 4.38. The Balaban J connectivity index is 1.62. The van der Waals surface area contributed by atoms with Crippen molar-refractivity contribution in [3.8, 4) is 5.75 Å². The summed E-state index contributed by atoms with van der Waals surface area (Å²) < 4.78 is 5.28. The highest BCUT2D eigenvalue weighted by Gasteiger charge is 2.37. The highest BCUT2D eigenvalue weighted by atomic mass is 16.5. The Morgan fingerprint density at radius 1 is 1.16 bits per heavy atom. The van der Waals surface area contributed by atoms with Crippen molar-refractivity contribution < 1.29 is 9.53 Å². The number of rotatable bonds is 6. The molecule has 3 N–H and O–H groups in total. The number of hydrogen-bond acceptors (Lipinski definition) is 4. The first-order valence-electron chi connectivity index (χ1n) is 9.46. The van der Waals surface area contributed by atoms with Crippen molar-refractivity contribution in [1.29, 1.82) is 0 Å². The molecule has 2 atom stereocenters. The van der Waals surface area contributed by atoms with Gasteiger partial charge in [0.1, 0.15) is 5.75 Å². The maximum atomic E-state index is 12.5. The molecule has 5 nitrogen and oxygen atoms in total. The summed E-state index contributed by atoms with van der Waals surface area (Å²) in [6.07, 6.45) is 5.30. The molecule has 2 fully saturated rings. The molecule has 0 spiro atoms. The molecule has 3 rings (SSSR count). The van der Waals surface area contributed by atoms with Gasteiger partial charge in [-0.3, -0.25) is 15.6 Å². The van der Waals surface area contributed by atoms with Crippen LogP contribution in [-0.4, -0.2) is 31.6 Å². The largest absolute Gasteiger partial charge is 0.497 e. The highest BCUT2D eigenvalue weighted by Crippen LogP contribution is 2.41. The number of hydrogen-bond donors (Lipinski definition) is 3. The Morgan fingerprint density at radius 2 is 1.76 bits per heavy atom. The summed E-state index contributed by atoms with van der Waals surface area (Å²) in [5, 5.41) is 3.23. The van der Waals surface area contributed by atoms with Crippen molar-refractivity contribution in [2.75, 3.05) is 13.7 Å². The normalized spacial score (nSPS) is 28.0. The minimum Gasteiger partial charge on any atom is -0.497 e. The SMILES string of the molecule is COc1ccc(C2(CNC(=O)CC3C(C)NNC3C)CCCC2)cc1. The lowest BCUT2D eigenvalue weighted by Crippen LogP contribution is -2.40. The smallest absolute Gasteiger partial charge is 0.220 e. The van der Waals surface area contributed by atoms with Crippen LogP contribution in [-0.2, 0) is 10.2 Å². The summed E-state index contributed by atoms with van der Waals surface area (Å²) >= 11 is 0. The van der Waals surface area contributed by atoms with E-state index in [2.05, 4.69) is 42.1 Å². The fraction of sp³-hybridized carbons (Fsp3) is 0.650. The van der Waals surface area contributed by atoms with Gasteiger partial charge in [-0.05, 0) is 44.4 Å². The van der Waals surface area contributed by atoms with Crippen LogP contribution in [0.15, 0.2) is 24.3 Å². The van der Waals surface area contributed by atoms with E-state index >= 15 is 0 Å². The van der Waals surface area contributed by atoms with Gasteiger partial charge in [-0.15, -0.1) is 0 Å². The van der Waals surface area contributed by atoms with Crippen LogP contribution < -0.4 is 20.9 Å². The second-order valence-electron chi connectivity index (χ2n) is 7.73. The van der Waals surface area contributed by atoms with Gasteiger partial charge in [0, 0.05) is 36.4 Å². The summed E-state index contributed by atoms with van der Waals surface area (Å²) in [5.74, 6) is 1.37. The number of benzene rings is 1. The topological polar surface area (TPSA) is 62.4 Å². The van der Waals surface area contributed by atoms with Crippen LogP contribution in [0.2, 0.25) is 0 Å². The van der Waals surface area contributed by atoms with Crippen LogP contribution in [0.4, 0.5) is 0 Å². The minimum absolute atomic E-state index is 0.0747. The molecule has 25 heavy (non-hydrogen) atoms. The van der Waals surface area contributed by atoms with Gasteiger partial charge < -0.3 is 10.1 Å². The first-order chi connectivity index (χ1) is 12.0. The predicted molar refractivity (Wildman–Crippen MR) is 99.5 cm³/mol. The van der Waals surface area contributed by atoms with Gasteiger partial charge in [-0.25, -0.2) is 0 Å². The first-order valence-corrected chi connectivity index (χ1v) is 9.46. The number of ether oxygens (including phenoxy) is 1. The van der Waals surface area contributed by atoms with Crippen molar-refractivity contribution >= 4 is 5.91 Å². The second-order valence-corrected chi connectivity index (χ2v) is 7.73. The lowest BCUT2D eigenvalue weighted by atomic mass is 9.78. The number of amides is 1. The molecule has 1 heterocycles. The van der Waals surface area contributed by atoms with Crippen molar-refractivity contribution in [1.82, 2.24) is 16.2 Å². The highest BCUT2D eigenvalue weighted by molar-refractivity contribution is 5.76. The molecular formula is C20H31N3O2. The number of carbonyl (C=O) groups excluding carboxylic acids is 1. The molecule has 2 aliphatic rings. The van der Waals surface area contributed by atoms with Gasteiger partial charge in [0.15, 0.2) is 0 Å². The molecule has 0 bridgehead atoms. The third-order valence-corrected chi connectivity index (χ3v) is 6.13. The van der Waals surface area contributed by atoms with Gasteiger partial charge in [0.05, 0.1) is 7.11 Å². The van der Waals surface area contributed by atoms with Crippen LogP contribution in [0.1, 0.15) is 51.5 Å². The fourth-order valence-electron chi connectivity index (χ4n) is 4.38. The standard InChI is InChI=1S/C20H31N3O2/c1-14-18(15(2)23-22-14)12-19(24)21-13-20(10-4-5-11-20)16-6-8-17(25-3)9-7-16/h6-9,14-15,18,22-23H,4-5,10-13H2,1-3H3,(H,21,24). The third kappa shape index (κ3) is 3.98. The number of hydrazine groups is 1. The Kier molecular flexibility index (Phi) is 5.64. The Hall–Kier alpha value is -1.59. The van der Waals surface area contributed by atoms with E-state index in [9.17, 15) is 4.79 Å². The van der Waals surface area contributed by atoms with Crippen LogP contribution in [0.5, 0.6) is 5.75 Å². The molecule has 1 saturated heterocycles. The van der Waals surface area contributed by atoms with Crippen LogP contribution >= 0.6 is 0 Å². The molecule has 1 aliphatic heterocycles. The summed E-state index contributed by atoms with van der Waals surface area (Å²) in [4.78, 5) is 12.5. The molecule has 0 radical (unpaired) electrons. The van der Waals surface area contributed by atoms with Gasteiger partial charge in [-0.2, -0.15) is 0 Å². The lowest BCUT2D eigenvalue weighted by Gasteiger charge is -2.30. The van der Waals surface area contributed by atoms with Gasteiger partial charge in [0.2, 0.25) is 5.91 Å². The number of carbonyl (C=O) groups is 1. The van der Waals surface area contributed by atoms with Crippen LogP contribution in [0.25, 0.3) is 0 Å². The van der Waals surface area contributed by atoms with Gasteiger partial charge in [0.25, 0.3) is 0 Å². The van der Waals surface area contributed by atoms with E-state index < -0.39 is 0 Å². The first kappa shape index (κ1) is 18.2. The van der Waals surface area contributed by atoms with Gasteiger partial charge in [-0.1, -0.05) is 25.0 Å². The second kappa shape index (κ2) is 7.75. The van der Waals surface area contributed by atoms with E-state index in [0.717, 1.165) is 25.1 Å². The van der Waals surface area contributed by atoms with Crippen molar-refractivity contribution in [2.24, 2.45) is 5.92 Å². The zero-order chi connectivity index (χ0) is 17.9. The van der Waals surface area contributed by atoms with E-state index in [-0.39, 0.29) is 11.3 Å². The molecule has 1 saturated carbocycles. The molecule has 1 aliphatic carbocycles. The zero-order valence-corrected chi connectivity index (χ0v) is 15.6. The van der Waals surface area contributed by atoms with Gasteiger partial charge >= 0.3 is 0 Å². The Morgan fingerprint density at radius 3 is 2.32 bits per heavy atom.